The molecule has 5 rings (SSSR count). The zero-order valence-electron chi connectivity index (χ0n) is 19.0. The van der Waals surface area contributed by atoms with Gasteiger partial charge in [-0.15, -0.1) is 15.3 Å². The molecule has 0 saturated carbocycles. The molecule has 0 spiro atoms. The third-order valence-electron chi connectivity index (χ3n) is 4.95. The van der Waals surface area contributed by atoms with Crippen molar-refractivity contribution in [1.29, 1.82) is 0 Å². The Morgan fingerprint density at radius 2 is 1.78 bits per heavy atom. The topological polar surface area (TPSA) is 113 Å². The first kappa shape index (κ1) is 24.3. The van der Waals surface area contributed by atoms with Gasteiger partial charge < -0.3 is 14.0 Å². The first-order valence-electron chi connectivity index (χ1n) is 10.7. The monoisotopic (exact) mass is 539 g/mol. The van der Waals surface area contributed by atoms with Crippen molar-refractivity contribution in [1.82, 2.24) is 30.4 Å². The van der Waals surface area contributed by atoms with Gasteiger partial charge in [-0.25, -0.2) is 9.07 Å². The van der Waals surface area contributed by atoms with E-state index in [2.05, 4.69) is 30.9 Å². The highest BCUT2D eigenvalue weighted by molar-refractivity contribution is 6.37. The summed E-state index contributed by atoms with van der Waals surface area (Å²) in [6, 6.07) is 18.0. The number of aryl methyl sites for hydroxylation is 1. The van der Waals surface area contributed by atoms with Crippen LogP contribution in [0, 0.1) is 5.82 Å². The lowest BCUT2D eigenvalue weighted by Gasteiger charge is -2.10. The van der Waals surface area contributed by atoms with Crippen LogP contribution in [0.5, 0.6) is 11.5 Å². The summed E-state index contributed by atoms with van der Waals surface area (Å²) in [5.74, 6) is 0.708. The fraction of sp³-hybridized carbons (Fsp3) is 0.0833. The van der Waals surface area contributed by atoms with Gasteiger partial charge in [0.25, 0.3) is 5.89 Å². The van der Waals surface area contributed by atoms with Gasteiger partial charge in [-0.05, 0) is 34.7 Å². The summed E-state index contributed by atoms with van der Waals surface area (Å²) < 4.78 is 26.3. The molecule has 0 unspecified atom stereocenters. The van der Waals surface area contributed by atoms with E-state index < -0.39 is 5.82 Å². The second-order valence-corrected chi connectivity index (χ2v) is 8.35. The van der Waals surface area contributed by atoms with Crippen LogP contribution in [-0.2, 0) is 18.5 Å². The maximum Gasteiger partial charge on any atom is 0.257 e. The maximum atomic E-state index is 13.5. The number of ether oxygens (including phenoxy) is 1. The van der Waals surface area contributed by atoms with Crippen molar-refractivity contribution in [2.45, 2.75) is 6.61 Å². The fourth-order valence-corrected chi connectivity index (χ4v) is 3.82. The van der Waals surface area contributed by atoms with E-state index in [4.69, 9.17) is 37.2 Å². The van der Waals surface area contributed by atoms with Crippen LogP contribution in [0.3, 0.4) is 0 Å². The smallest absolute Gasteiger partial charge is 0.257 e. The van der Waals surface area contributed by atoms with E-state index in [-0.39, 0.29) is 39.9 Å². The van der Waals surface area contributed by atoms with E-state index in [1.807, 2.05) is 30.3 Å². The van der Waals surface area contributed by atoms with Crippen LogP contribution in [0.2, 0.25) is 10.0 Å². The molecule has 2 heterocycles. The highest BCUT2D eigenvalue weighted by Crippen LogP contribution is 2.39. The molecule has 2 aromatic heterocycles. The average molecular weight is 540 g/mol. The number of oxime groups is 1. The summed E-state index contributed by atoms with van der Waals surface area (Å²) in [5, 5.41) is 24.1. The minimum absolute atomic E-state index is 0.114. The van der Waals surface area contributed by atoms with E-state index in [0.29, 0.717) is 17.1 Å². The van der Waals surface area contributed by atoms with Crippen molar-refractivity contribution in [2.24, 2.45) is 12.2 Å². The van der Waals surface area contributed by atoms with Gasteiger partial charge in [0, 0.05) is 24.2 Å². The summed E-state index contributed by atoms with van der Waals surface area (Å²) in [6.07, 6.45) is 0. The first-order valence-corrected chi connectivity index (χ1v) is 11.5. The number of aromatic nitrogens is 6. The van der Waals surface area contributed by atoms with E-state index in [1.165, 1.54) is 22.9 Å². The Kier molecular flexibility index (Phi) is 7.06. The van der Waals surface area contributed by atoms with Gasteiger partial charge in [-0.1, -0.05) is 64.8 Å². The van der Waals surface area contributed by atoms with Gasteiger partial charge >= 0.3 is 0 Å². The number of benzene rings is 3. The van der Waals surface area contributed by atoms with Crippen LogP contribution in [-0.4, -0.2) is 36.1 Å². The molecule has 0 aliphatic heterocycles. The van der Waals surface area contributed by atoms with Crippen LogP contribution in [0.25, 0.3) is 11.5 Å². The predicted molar refractivity (Wildman–Crippen MR) is 132 cm³/mol. The summed E-state index contributed by atoms with van der Waals surface area (Å²) >= 11 is 12.7. The first-order chi connectivity index (χ1) is 18.0. The lowest BCUT2D eigenvalue weighted by atomic mass is 10.1. The number of hydrogen-bond donors (Lipinski definition) is 0. The van der Waals surface area contributed by atoms with Gasteiger partial charge in [-0.2, -0.15) is 0 Å². The molecule has 0 saturated heterocycles. The van der Waals surface area contributed by atoms with Gasteiger partial charge in [0.2, 0.25) is 11.7 Å². The minimum atomic E-state index is -0.449. The van der Waals surface area contributed by atoms with Crippen molar-refractivity contribution in [2.75, 3.05) is 0 Å². The Morgan fingerprint density at radius 1 is 1.00 bits per heavy atom. The van der Waals surface area contributed by atoms with Crippen LogP contribution in [0.4, 0.5) is 4.39 Å². The third-order valence-corrected chi connectivity index (χ3v) is 5.51. The molecule has 0 amide bonds. The predicted octanol–water partition coefficient (Wildman–Crippen LogP) is 5.47. The van der Waals surface area contributed by atoms with Crippen molar-refractivity contribution in [3.63, 3.8) is 0 Å². The second-order valence-electron chi connectivity index (χ2n) is 7.53. The molecule has 0 N–H and O–H groups in total. The summed E-state index contributed by atoms with van der Waals surface area (Å²) in [4.78, 5) is 5.49. The van der Waals surface area contributed by atoms with Crippen molar-refractivity contribution in [3.8, 4) is 23.0 Å². The average Bonchev–Trinajstić information content (AvgIpc) is 3.54. The van der Waals surface area contributed by atoms with Gasteiger partial charge in [0.15, 0.2) is 18.1 Å². The van der Waals surface area contributed by atoms with Crippen LogP contribution in [0.1, 0.15) is 17.3 Å². The number of halogens is 3. The molecule has 0 atom stereocenters. The van der Waals surface area contributed by atoms with E-state index in [9.17, 15) is 4.39 Å². The standard InChI is InChI=1S/C24H16Cl2FN7O3/c1-34-23(29-32-33-34)21(14-6-3-2-4-7-14)31-35-13-20-28-30-24(37-20)15-10-18(25)22(19(26)11-15)36-17-9-5-8-16(27)12-17/h2-12H,13H2,1H3/b31-21-. The highest BCUT2D eigenvalue weighted by atomic mass is 35.5. The fourth-order valence-electron chi connectivity index (χ4n) is 3.26. The van der Waals surface area contributed by atoms with Gasteiger partial charge in [0.05, 0.1) is 10.0 Å². The number of hydrogen-bond acceptors (Lipinski definition) is 9. The summed E-state index contributed by atoms with van der Waals surface area (Å²) in [5.41, 5.74) is 1.65. The van der Waals surface area contributed by atoms with Crippen LogP contribution in [0.15, 0.2) is 76.3 Å². The van der Waals surface area contributed by atoms with Crippen LogP contribution >= 0.6 is 23.2 Å². The zero-order chi connectivity index (χ0) is 25.8. The number of rotatable bonds is 8. The lowest BCUT2D eigenvalue weighted by molar-refractivity contribution is 0.111. The molecule has 0 aliphatic carbocycles. The summed E-state index contributed by atoms with van der Waals surface area (Å²) in [6.45, 7) is -0.114. The largest absolute Gasteiger partial charge is 0.454 e. The summed E-state index contributed by atoms with van der Waals surface area (Å²) in [7, 11) is 1.70. The molecule has 0 fully saturated rings. The molecule has 0 radical (unpaired) electrons. The molecule has 10 nitrogen and oxygen atoms in total. The lowest BCUT2D eigenvalue weighted by Crippen LogP contribution is -2.12. The van der Waals surface area contributed by atoms with Gasteiger partial charge in [0.1, 0.15) is 11.6 Å². The van der Waals surface area contributed by atoms with E-state index in [0.717, 1.165) is 5.56 Å². The van der Waals surface area contributed by atoms with Gasteiger partial charge in [-0.3, -0.25) is 0 Å². The van der Waals surface area contributed by atoms with E-state index >= 15 is 0 Å². The Hall–Kier alpha value is -4.35. The Balaban J connectivity index is 1.32. The Labute approximate surface area is 219 Å². The molecular weight excluding hydrogens is 524 g/mol. The maximum absolute atomic E-state index is 13.5. The molecule has 13 heteroatoms. The van der Waals surface area contributed by atoms with Crippen molar-refractivity contribution in [3.05, 3.63) is 99.9 Å². The van der Waals surface area contributed by atoms with Crippen molar-refractivity contribution >= 4 is 28.9 Å². The SMILES string of the molecule is Cn1nnnc1/C(=N\OCc1nnc(-c2cc(Cl)c(Oc3cccc(F)c3)c(Cl)c2)o1)c1ccccc1. The number of nitrogens with zero attached hydrogens (tertiary/aromatic N) is 7. The highest BCUT2D eigenvalue weighted by Gasteiger charge is 2.18. The Bertz CT molecular complexity index is 1550. The van der Waals surface area contributed by atoms with Crippen LogP contribution < -0.4 is 4.74 Å². The molecule has 186 valence electrons. The minimum Gasteiger partial charge on any atom is -0.454 e. The molecule has 0 bridgehead atoms. The Morgan fingerprint density at radius 3 is 2.49 bits per heavy atom. The molecule has 37 heavy (non-hydrogen) atoms. The van der Waals surface area contributed by atoms with Crippen molar-refractivity contribution < 1.29 is 18.4 Å². The molecule has 3 aromatic carbocycles. The third kappa shape index (κ3) is 5.57. The zero-order valence-corrected chi connectivity index (χ0v) is 20.6. The molecular formula is C24H16Cl2FN7O3. The molecule has 5 aromatic rings. The molecule has 0 aliphatic rings. The second kappa shape index (κ2) is 10.7. The number of tetrazole rings is 1. The quantitative estimate of drug-likeness (QED) is 0.188. The van der Waals surface area contributed by atoms with E-state index in [1.54, 1.807) is 25.2 Å². The normalized spacial score (nSPS) is 11.5.